The number of likely N-dealkylation sites (N-methyl/N-ethyl adjacent to an activating group) is 1. The van der Waals surface area contributed by atoms with Crippen LogP contribution in [0.25, 0.3) is 0 Å². The molecule has 1 aromatic rings. The molecular formula is C14H19ClN2O3. The topological polar surface area (TPSA) is 58.6 Å². The number of ether oxygens (including phenoxy) is 1. The van der Waals surface area contributed by atoms with Crippen LogP contribution in [0.4, 0.5) is 5.69 Å². The molecular weight excluding hydrogens is 280 g/mol. The number of amides is 1. The molecule has 0 spiro atoms. The Morgan fingerprint density at radius 1 is 1.35 bits per heavy atom. The number of rotatable bonds is 6. The van der Waals surface area contributed by atoms with Crippen LogP contribution in [-0.4, -0.2) is 43.5 Å². The Bertz CT molecular complexity index is 491. The minimum atomic E-state index is -0.362. The number of nitrogens with zero attached hydrogens (tertiary/aromatic N) is 1. The van der Waals surface area contributed by atoms with E-state index in [-0.39, 0.29) is 25.0 Å². The van der Waals surface area contributed by atoms with Gasteiger partial charge in [0.15, 0.2) is 0 Å². The van der Waals surface area contributed by atoms with Gasteiger partial charge in [0.05, 0.1) is 20.2 Å². The molecule has 20 heavy (non-hydrogen) atoms. The summed E-state index contributed by atoms with van der Waals surface area (Å²) >= 11 is 6.00. The lowest BCUT2D eigenvalue weighted by molar-refractivity contribution is -0.142. The lowest BCUT2D eigenvalue weighted by Gasteiger charge is -2.18. The Kier molecular flexibility index (Phi) is 6.48. The molecule has 0 aliphatic heterocycles. The van der Waals surface area contributed by atoms with E-state index in [2.05, 4.69) is 10.1 Å². The largest absolute Gasteiger partial charge is 0.468 e. The molecule has 1 N–H and O–H groups in total. The third-order valence-corrected chi connectivity index (χ3v) is 3.35. The summed E-state index contributed by atoms with van der Waals surface area (Å²) in [5.41, 5.74) is 1.50. The number of halogens is 1. The second kappa shape index (κ2) is 7.87. The summed E-state index contributed by atoms with van der Waals surface area (Å²) in [6.07, 6.45) is 0. The molecule has 0 saturated heterocycles. The summed E-state index contributed by atoms with van der Waals surface area (Å²) in [6.45, 7) is 4.51. The number of hydrogen-bond acceptors (Lipinski definition) is 4. The third kappa shape index (κ3) is 4.83. The van der Waals surface area contributed by atoms with E-state index in [4.69, 9.17) is 11.6 Å². The van der Waals surface area contributed by atoms with E-state index in [1.807, 2.05) is 13.8 Å². The number of anilines is 1. The summed E-state index contributed by atoms with van der Waals surface area (Å²) < 4.78 is 4.59. The molecule has 5 nitrogen and oxygen atoms in total. The summed E-state index contributed by atoms with van der Waals surface area (Å²) in [6, 6.07) is 5.33. The number of benzene rings is 1. The van der Waals surface area contributed by atoms with Crippen LogP contribution in [0, 0.1) is 6.92 Å². The summed E-state index contributed by atoms with van der Waals surface area (Å²) in [7, 11) is 1.32. The number of hydrogen-bond donors (Lipinski definition) is 1. The molecule has 0 aromatic heterocycles. The molecule has 1 rings (SSSR count). The zero-order valence-electron chi connectivity index (χ0n) is 11.9. The van der Waals surface area contributed by atoms with Crippen molar-refractivity contribution in [1.29, 1.82) is 0 Å². The van der Waals surface area contributed by atoms with Gasteiger partial charge in [-0.05, 0) is 31.2 Å². The molecule has 6 heteroatoms. The lowest BCUT2D eigenvalue weighted by Crippen LogP contribution is -2.37. The molecule has 0 heterocycles. The van der Waals surface area contributed by atoms with E-state index in [0.29, 0.717) is 17.3 Å². The highest BCUT2D eigenvalue weighted by molar-refractivity contribution is 6.31. The highest BCUT2D eigenvalue weighted by Gasteiger charge is 2.14. The fourth-order valence-electron chi connectivity index (χ4n) is 1.66. The van der Waals surface area contributed by atoms with Gasteiger partial charge in [0, 0.05) is 10.7 Å². The molecule has 0 saturated carbocycles. The molecule has 0 aliphatic rings. The first-order valence-corrected chi connectivity index (χ1v) is 6.69. The van der Waals surface area contributed by atoms with Crippen molar-refractivity contribution < 1.29 is 14.3 Å². The normalized spacial score (nSPS) is 10.4. The van der Waals surface area contributed by atoms with E-state index < -0.39 is 0 Å². The van der Waals surface area contributed by atoms with Crippen LogP contribution in [-0.2, 0) is 14.3 Å². The van der Waals surface area contributed by atoms with Crippen LogP contribution < -0.4 is 5.32 Å². The van der Waals surface area contributed by atoms with E-state index >= 15 is 0 Å². The van der Waals surface area contributed by atoms with Crippen molar-refractivity contribution >= 4 is 29.2 Å². The zero-order valence-corrected chi connectivity index (χ0v) is 12.7. The van der Waals surface area contributed by atoms with Crippen LogP contribution in [0.3, 0.4) is 0 Å². The molecule has 0 aliphatic carbocycles. The maximum absolute atomic E-state index is 12.0. The number of carbonyl (C=O) groups is 2. The third-order valence-electron chi connectivity index (χ3n) is 2.94. The highest BCUT2D eigenvalue weighted by Crippen LogP contribution is 2.22. The van der Waals surface area contributed by atoms with Gasteiger partial charge < -0.3 is 10.1 Å². The molecule has 0 bridgehead atoms. The number of carbonyl (C=O) groups excluding carboxylic acids is 2. The molecule has 0 fully saturated rings. The Morgan fingerprint density at radius 3 is 2.65 bits per heavy atom. The summed E-state index contributed by atoms with van der Waals surface area (Å²) in [4.78, 5) is 24.9. The van der Waals surface area contributed by atoms with Gasteiger partial charge in [-0.2, -0.15) is 0 Å². The first-order chi connectivity index (χ1) is 9.47. The monoisotopic (exact) mass is 298 g/mol. The van der Waals surface area contributed by atoms with Crippen molar-refractivity contribution in [3.05, 3.63) is 28.8 Å². The van der Waals surface area contributed by atoms with E-state index in [9.17, 15) is 9.59 Å². The lowest BCUT2D eigenvalue weighted by atomic mass is 10.2. The Morgan fingerprint density at radius 2 is 2.05 bits per heavy atom. The standard InChI is InChI=1S/C14H19ClN2O3/c1-4-17(9-14(19)20-3)8-13(18)16-12-7-5-6-11(15)10(12)2/h5-7H,4,8-9H2,1-3H3,(H,16,18). The van der Waals surface area contributed by atoms with E-state index in [0.717, 1.165) is 5.56 Å². The van der Waals surface area contributed by atoms with E-state index in [1.54, 1.807) is 23.1 Å². The van der Waals surface area contributed by atoms with Crippen LogP contribution in [0.15, 0.2) is 18.2 Å². The van der Waals surface area contributed by atoms with Crippen molar-refractivity contribution in [2.24, 2.45) is 0 Å². The van der Waals surface area contributed by atoms with Crippen LogP contribution >= 0.6 is 11.6 Å². The minimum absolute atomic E-state index is 0.0922. The smallest absolute Gasteiger partial charge is 0.319 e. The molecule has 0 radical (unpaired) electrons. The zero-order chi connectivity index (χ0) is 15.1. The maximum Gasteiger partial charge on any atom is 0.319 e. The average Bonchev–Trinajstić information content (AvgIpc) is 2.42. The van der Waals surface area contributed by atoms with Crippen molar-refractivity contribution in [2.45, 2.75) is 13.8 Å². The highest BCUT2D eigenvalue weighted by atomic mass is 35.5. The maximum atomic E-state index is 12.0. The number of nitrogens with one attached hydrogen (secondary N) is 1. The first kappa shape index (κ1) is 16.5. The van der Waals surface area contributed by atoms with Gasteiger partial charge in [0.1, 0.15) is 0 Å². The van der Waals surface area contributed by atoms with Crippen molar-refractivity contribution in [1.82, 2.24) is 4.90 Å². The minimum Gasteiger partial charge on any atom is -0.468 e. The Balaban J connectivity index is 2.62. The van der Waals surface area contributed by atoms with Crippen LogP contribution in [0.5, 0.6) is 0 Å². The predicted octanol–water partition coefficient (Wildman–Crippen LogP) is 2.08. The van der Waals surface area contributed by atoms with Crippen LogP contribution in [0.1, 0.15) is 12.5 Å². The van der Waals surface area contributed by atoms with Gasteiger partial charge in [-0.1, -0.05) is 24.6 Å². The van der Waals surface area contributed by atoms with Gasteiger partial charge in [-0.3, -0.25) is 14.5 Å². The number of esters is 1. The second-order valence-electron chi connectivity index (χ2n) is 4.34. The average molecular weight is 299 g/mol. The molecule has 1 amide bonds. The quantitative estimate of drug-likeness (QED) is 0.817. The van der Waals surface area contributed by atoms with Crippen molar-refractivity contribution in [3.63, 3.8) is 0 Å². The molecule has 0 atom stereocenters. The summed E-state index contributed by atoms with van der Waals surface area (Å²) in [5.74, 6) is -0.556. The van der Waals surface area contributed by atoms with Crippen molar-refractivity contribution in [3.8, 4) is 0 Å². The van der Waals surface area contributed by atoms with Crippen molar-refractivity contribution in [2.75, 3.05) is 32.1 Å². The Labute approximate surface area is 123 Å². The van der Waals surface area contributed by atoms with E-state index in [1.165, 1.54) is 7.11 Å². The fourth-order valence-corrected chi connectivity index (χ4v) is 1.84. The van der Waals surface area contributed by atoms with Gasteiger partial charge in [0.25, 0.3) is 0 Å². The molecule has 0 unspecified atom stereocenters. The van der Waals surface area contributed by atoms with Gasteiger partial charge in [0.2, 0.25) is 5.91 Å². The number of methoxy groups -OCH3 is 1. The van der Waals surface area contributed by atoms with Gasteiger partial charge >= 0.3 is 5.97 Å². The summed E-state index contributed by atoms with van der Waals surface area (Å²) in [5, 5.41) is 3.39. The van der Waals surface area contributed by atoms with Gasteiger partial charge in [-0.25, -0.2) is 0 Å². The Hall–Kier alpha value is -1.59. The SMILES string of the molecule is CCN(CC(=O)Nc1cccc(Cl)c1C)CC(=O)OC. The van der Waals surface area contributed by atoms with Gasteiger partial charge in [-0.15, -0.1) is 0 Å². The van der Waals surface area contributed by atoms with Crippen LogP contribution in [0.2, 0.25) is 5.02 Å². The second-order valence-corrected chi connectivity index (χ2v) is 4.75. The predicted molar refractivity (Wildman–Crippen MR) is 78.9 cm³/mol. The fraction of sp³-hybridized carbons (Fsp3) is 0.429. The first-order valence-electron chi connectivity index (χ1n) is 6.32. The molecule has 1 aromatic carbocycles. The molecule has 110 valence electrons.